The number of nitrogen functional groups attached to an aromatic ring is 1. The van der Waals surface area contributed by atoms with Crippen LogP contribution in [-0.4, -0.2) is 29.1 Å². The molecule has 0 saturated carbocycles. The Morgan fingerprint density at radius 3 is 2.60 bits per heavy atom. The molecule has 0 aliphatic rings. The molecule has 2 aromatic carbocycles. The fourth-order valence-corrected chi connectivity index (χ4v) is 3.06. The first kappa shape index (κ1) is 16.9. The van der Waals surface area contributed by atoms with Gasteiger partial charge in [-0.25, -0.2) is 0 Å². The van der Waals surface area contributed by atoms with Gasteiger partial charge in [-0.05, 0) is 24.6 Å². The maximum absolute atomic E-state index is 13.1. The van der Waals surface area contributed by atoms with E-state index in [1.54, 1.807) is 7.11 Å². The van der Waals surface area contributed by atoms with Crippen LogP contribution in [0.3, 0.4) is 0 Å². The number of hydrogen-bond acceptors (Lipinski definition) is 3. The standard InChI is InChI=1S/C20H23N3O2/c1-3-12-22(14-16-9-5-7-11-19(16)25-2)20(24)18-13-15-8-4-6-10-17(15)23(18)21/h4-11,13H,3,12,14,21H2,1-2H3. The molecule has 0 bridgehead atoms. The van der Waals surface area contributed by atoms with E-state index in [0.717, 1.165) is 28.6 Å². The third kappa shape index (κ3) is 3.31. The number of benzene rings is 2. The zero-order valence-electron chi connectivity index (χ0n) is 14.6. The zero-order valence-corrected chi connectivity index (χ0v) is 14.6. The van der Waals surface area contributed by atoms with Crippen molar-refractivity contribution in [2.75, 3.05) is 19.5 Å². The topological polar surface area (TPSA) is 60.5 Å². The molecule has 0 aliphatic heterocycles. The van der Waals surface area contributed by atoms with Gasteiger partial charge in [-0.15, -0.1) is 0 Å². The number of ether oxygens (including phenoxy) is 1. The third-order valence-corrected chi connectivity index (χ3v) is 4.30. The first-order valence-corrected chi connectivity index (χ1v) is 8.42. The molecule has 0 spiro atoms. The molecule has 0 unspecified atom stereocenters. The number of aromatic nitrogens is 1. The molecular weight excluding hydrogens is 314 g/mol. The Kier molecular flexibility index (Phi) is 4.93. The van der Waals surface area contributed by atoms with E-state index in [1.807, 2.05) is 59.5 Å². The summed E-state index contributed by atoms with van der Waals surface area (Å²) in [6.45, 7) is 3.19. The van der Waals surface area contributed by atoms with Gasteiger partial charge in [0.05, 0.1) is 12.6 Å². The summed E-state index contributed by atoms with van der Waals surface area (Å²) in [5.74, 6) is 6.87. The van der Waals surface area contributed by atoms with Crippen molar-refractivity contribution in [2.45, 2.75) is 19.9 Å². The van der Waals surface area contributed by atoms with Crippen LogP contribution in [0.2, 0.25) is 0 Å². The van der Waals surface area contributed by atoms with E-state index in [1.165, 1.54) is 4.68 Å². The van der Waals surface area contributed by atoms with Crippen molar-refractivity contribution in [3.05, 3.63) is 65.9 Å². The van der Waals surface area contributed by atoms with Crippen LogP contribution in [0.25, 0.3) is 10.9 Å². The lowest BCUT2D eigenvalue weighted by Gasteiger charge is -2.23. The van der Waals surface area contributed by atoms with E-state index < -0.39 is 0 Å². The highest BCUT2D eigenvalue weighted by molar-refractivity contribution is 5.98. The minimum absolute atomic E-state index is 0.0774. The molecule has 5 heteroatoms. The molecule has 0 aliphatic carbocycles. The summed E-state index contributed by atoms with van der Waals surface area (Å²) >= 11 is 0. The van der Waals surface area contributed by atoms with Crippen LogP contribution in [0.5, 0.6) is 5.75 Å². The lowest BCUT2D eigenvalue weighted by molar-refractivity contribution is 0.0733. The minimum atomic E-state index is -0.0774. The molecule has 0 radical (unpaired) electrons. The van der Waals surface area contributed by atoms with Crippen molar-refractivity contribution in [3.63, 3.8) is 0 Å². The van der Waals surface area contributed by atoms with Gasteiger partial charge in [-0.2, -0.15) is 0 Å². The first-order valence-electron chi connectivity index (χ1n) is 8.42. The van der Waals surface area contributed by atoms with E-state index in [-0.39, 0.29) is 5.91 Å². The smallest absolute Gasteiger partial charge is 0.272 e. The van der Waals surface area contributed by atoms with E-state index in [9.17, 15) is 4.79 Å². The van der Waals surface area contributed by atoms with E-state index in [2.05, 4.69) is 6.92 Å². The first-order chi connectivity index (χ1) is 12.2. The predicted molar refractivity (Wildman–Crippen MR) is 100 cm³/mol. The van der Waals surface area contributed by atoms with Crippen molar-refractivity contribution in [2.24, 2.45) is 0 Å². The van der Waals surface area contributed by atoms with Crippen LogP contribution >= 0.6 is 0 Å². The van der Waals surface area contributed by atoms with Gasteiger partial charge in [0.1, 0.15) is 11.4 Å². The number of methoxy groups -OCH3 is 1. The van der Waals surface area contributed by atoms with Gasteiger partial charge < -0.3 is 15.5 Å². The monoisotopic (exact) mass is 337 g/mol. The molecule has 130 valence electrons. The fraction of sp³-hybridized carbons (Fsp3) is 0.250. The molecule has 0 fully saturated rings. The molecular formula is C20H23N3O2. The highest BCUT2D eigenvalue weighted by atomic mass is 16.5. The van der Waals surface area contributed by atoms with E-state index in [4.69, 9.17) is 10.6 Å². The Morgan fingerprint density at radius 2 is 1.88 bits per heavy atom. The van der Waals surface area contributed by atoms with Crippen molar-refractivity contribution in [1.29, 1.82) is 0 Å². The molecule has 3 aromatic rings. The van der Waals surface area contributed by atoms with Crippen LogP contribution in [0.15, 0.2) is 54.6 Å². The lowest BCUT2D eigenvalue weighted by Crippen LogP contribution is -2.34. The molecule has 5 nitrogen and oxygen atoms in total. The summed E-state index contributed by atoms with van der Waals surface area (Å²) in [5, 5.41) is 0.960. The van der Waals surface area contributed by atoms with Gasteiger partial charge in [0.15, 0.2) is 0 Å². The highest BCUT2D eigenvalue weighted by Gasteiger charge is 2.21. The number of nitrogens with zero attached hydrogens (tertiary/aromatic N) is 2. The van der Waals surface area contributed by atoms with Crippen LogP contribution in [0.4, 0.5) is 0 Å². The maximum Gasteiger partial charge on any atom is 0.272 e. The predicted octanol–water partition coefficient (Wildman–Crippen LogP) is 3.42. The second-order valence-corrected chi connectivity index (χ2v) is 6.00. The molecule has 1 amide bonds. The largest absolute Gasteiger partial charge is 0.496 e. The average Bonchev–Trinajstić information content (AvgIpc) is 2.98. The molecule has 2 N–H and O–H groups in total. The van der Waals surface area contributed by atoms with Crippen molar-refractivity contribution in [3.8, 4) is 5.75 Å². The van der Waals surface area contributed by atoms with Crippen molar-refractivity contribution in [1.82, 2.24) is 9.58 Å². The molecule has 1 heterocycles. The average molecular weight is 337 g/mol. The van der Waals surface area contributed by atoms with Crippen LogP contribution in [-0.2, 0) is 6.54 Å². The Labute approximate surface area is 147 Å². The normalized spacial score (nSPS) is 10.8. The van der Waals surface area contributed by atoms with Crippen LogP contribution in [0.1, 0.15) is 29.4 Å². The summed E-state index contributed by atoms with van der Waals surface area (Å²) in [4.78, 5) is 14.9. The summed E-state index contributed by atoms with van der Waals surface area (Å²) in [7, 11) is 1.64. The summed E-state index contributed by atoms with van der Waals surface area (Å²) in [6.07, 6.45) is 0.867. The maximum atomic E-state index is 13.1. The molecule has 0 saturated heterocycles. The molecule has 3 rings (SSSR count). The van der Waals surface area contributed by atoms with Gasteiger partial charge in [0, 0.05) is 24.0 Å². The van der Waals surface area contributed by atoms with Crippen molar-refractivity contribution < 1.29 is 9.53 Å². The van der Waals surface area contributed by atoms with Gasteiger partial charge in [0.25, 0.3) is 5.91 Å². The van der Waals surface area contributed by atoms with Gasteiger partial charge in [0.2, 0.25) is 0 Å². The van der Waals surface area contributed by atoms with Gasteiger partial charge in [-0.3, -0.25) is 9.47 Å². The molecule has 0 atom stereocenters. The number of carbonyl (C=O) groups excluding carboxylic acids is 1. The number of fused-ring (bicyclic) bond motifs is 1. The SMILES string of the molecule is CCCN(Cc1ccccc1OC)C(=O)c1cc2ccccc2n1N. The minimum Gasteiger partial charge on any atom is -0.496 e. The fourth-order valence-electron chi connectivity index (χ4n) is 3.06. The Hall–Kier alpha value is -2.95. The van der Waals surface area contributed by atoms with E-state index >= 15 is 0 Å². The quantitative estimate of drug-likeness (QED) is 0.701. The number of hydrogen-bond donors (Lipinski definition) is 1. The summed E-state index contributed by atoms with van der Waals surface area (Å²) in [5.41, 5.74) is 2.32. The Morgan fingerprint density at radius 1 is 1.16 bits per heavy atom. The van der Waals surface area contributed by atoms with Crippen LogP contribution in [0, 0.1) is 0 Å². The lowest BCUT2D eigenvalue weighted by atomic mass is 10.1. The summed E-state index contributed by atoms with van der Waals surface area (Å²) in [6, 6.07) is 17.3. The highest BCUT2D eigenvalue weighted by Crippen LogP contribution is 2.22. The second-order valence-electron chi connectivity index (χ2n) is 6.00. The Bertz CT molecular complexity index is 886. The molecule has 25 heavy (non-hydrogen) atoms. The number of amides is 1. The van der Waals surface area contributed by atoms with Crippen LogP contribution < -0.4 is 10.6 Å². The number of para-hydroxylation sites is 2. The number of rotatable bonds is 6. The molecule has 1 aromatic heterocycles. The number of carbonyl (C=O) groups is 1. The van der Waals surface area contributed by atoms with E-state index in [0.29, 0.717) is 18.8 Å². The van der Waals surface area contributed by atoms with Gasteiger partial charge >= 0.3 is 0 Å². The zero-order chi connectivity index (χ0) is 17.8. The van der Waals surface area contributed by atoms with Gasteiger partial charge in [-0.1, -0.05) is 43.3 Å². The third-order valence-electron chi connectivity index (χ3n) is 4.30. The Balaban J connectivity index is 1.94. The number of nitrogens with two attached hydrogens (primary N) is 1. The van der Waals surface area contributed by atoms with Crippen molar-refractivity contribution >= 4 is 16.8 Å². The summed E-state index contributed by atoms with van der Waals surface area (Å²) < 4.78 is 6.89. The second kappa shape index (κ2) is 7.30.